The lowest BCUT2D eigenvalue weighted by molar-refractivity contribution is 0.232. The summed E-state index contributed by atoms with van der Waals surface area (Å²) in [4.78, 5) is 4.49. The third-order valence-electron chi connectivity index (χ3n) is 4.05. The molecule has 1 saturated heterocycles. The summed E-state index contributed by atoms with van der Waals surface area (Å²) in [6.45, 7) is 7.96. The van der Waals surface area contributed by atoms with Gasteiger partial charge >= 0.3 is 0 Å². The van der Waals surface area contributed by atoms with Gasteiger partial charge in [-0.25, -0.2) is 4.39 Å². The van der Waals surface area contributed by atoms with Crippen molar-refractivity contribution in [3.05, 3.63) is 29.6 Å². The second-order valence-corrected chi connectivity index (χ2v) is 5.02. The first-order valence-electron chi connectivity index (χ1n) is 7.08. The Labute approximate surface area is 114 Å². The molecule has 1 unspecified atom stereocenters. The van der Waals surface area contributed by atoms with E-state index in [4.69, 9.17) is 0 Å². The monoisotopic (exact) mass is 266 g/mol. The maximum absolute atomic E-state index is 14.0. The number of nitrogens with zero attached hydrogens (tertiary/aromatic N) is 2. The molecule has 0 amide bonds. The molecule has 1 aromatic carbocycles. The highest BCUT2D eigenvalue weighted by molar-refractivity contribution is 5.55. The van der Waals surface area contributed by atoms with E-state index in [0.717, 1.165) is 32.6 Å². The zero-order valence-corrected chi connectivity index (χ0v) is 11.8. The van der Waals surface area contributed by atoms with E-state index in [1.807, 2.05) is 0 Å². The molecule has 2 rings (SSSR count). The molecule has 4 heteroatoms. The summed E-state index contributed by atoms with van der Waals surface area (Å²) in [6, 6.07) is 5.41. The second kappa shape index (κ2) is 6.35. The van der Waals surface area contributed by atoms with Crippen LogP contribution >= 0.6 is 0 Å². The zero-order chi connectivity index (χ0) is 13.8. The fraction of sp³-hybridized carbons (Fsp3) is 0.600. The van der Waals surface area contributed by atoms with Gasteiger partial charge in [-0.3, -0.25) is 4.90 Å². The van der Waals surface area contributed by atoms with Crippen LogP contribution in [0.5, 0.6) is 0 Å². The number of benzene rings is 1. The number of aliphatic hydroxyl groups is 1. The quantitative estimate of drug-likeness (QED) is 0.885. The van der Waals surface area contributed by atoms with Crippen molar-refractivity contribution in [1.82, 2.24) is 4.90 Å². The van der Waals surface area contributed by atoms with Gasteiger partial charge in [-0.05, 0) is 25.6 Å². The van der Waals surface area contributed by atoms with Crippen LogP contribution in [-0.4, -0.2) is 42.2 Å². The molecule has 19 heavy (non-hydrogen) atoms. The molecule has 1 fully saturated rings. The van der Waals surface area contributed by atoms with Gasteiger partial charge in [0.25, 0.3) is 0 Å². The van der Waals surface area contributed by atoms with Gasteiger partial charge in [-0.1, -0.05) is 26.0 Å². The Kier molecular flexibility index (Phi) is 4.77. The molecule has 3 nitrogen and oxygen atoms in total. The summed E-state index contributed by atoms with van der Waals surface area (Å²) >= 11 is 0. The van der Waals surface area contributed by atoms with Crippen LogP contribution in [0.2, 0.25) is 0 Å². The van der Waals surface area contributed by atoms with E-state index in [-0.39, 0.29) is 12.4 Å². The summed E-state index contributed by atoms with van der Waals surface area (Å²) in [7, 11) is 0. The molecule has 0 radical (unpaired) electrons. The van der Waals surface area contributed by atoms with E-state index in [9.17, 15) is 9.50 Å². The van der Waals surface area contributed by atoms with Gasteiger partial charge in [-0.15, -0.1) is 0 Å². The number of anilines is 1. The van der Waals surface area contributed by atoms with Gasteiger partial charge in [0.1, 0.15) is 5.82 Å². The predicted molar refractivity (Wildman–Crippen MR) is 75.9 cm³/mol. The minimum Gasteiger partial charge on any atom is -0.392 e. The van der Waals surface area contributed by atoms with Crippen molar-refractivity contribution < 1.29 is 9.50 Å². The molecule has 0 aliphatic carbocycles. The molecule has 1 aliphatic heterocycles. The van der Waals surface area contributed by atoms with E-state index >= 15 is 0 Å². The first-order valence-corrected chi connectivity index (χ1v) is 7.08. The average molecular weight is 266 g/mol. The second-order valence-electron chi connectivity index (χ2n) is 5.02. The summed E-state index contributed by atoms with van der Waals surface area (Å²) in [5.41, 5.74) is 1.26. The Morgan fingerprint density at radius 1 is 1.37 bits per heavy atom. The van der Waals surface area contributed by atoms with Crippen LogP contribution in [0.15, 0.2) is 18.2 Å². The molecular weight excluding hydrogens is 243 g/mol. The average Bonchev–Trinajstić information content (AvgIpc) is 2.89. The molecule has 1 aromatic rings. The van der Waals surface area contributed by atoms with E-state index in [0.29, 0.717) is 17.3 Å². The van der Waals surface area contributed by atoms with Crippen molar-refractivity contribution in [3.8, 4) is 0 Å². The maximum Gasteiger partial charge on any atom is 0.146 e. The number of likely N-dealkylation sites (N-methyl/N-ethyl adjacent to an activating group) is 1. The molecular formula is C15H23FN2O. The number of hydrogen-bond donors (Lipinski definition) is 1. The van der Waals surface area contributed by atoms with Gasteiger partial charge in [0.05, 0.1) is 12.3 Å². The first-order chi connectivity index (χ1) is 9.21. The summed E-state index contributed by atoms with van der Waals surface area (Å²) in [5.74, 6) is -0.230. The third-order valence-corrected chi connectivity index (χ3v) is 4.05. The number of hydrogen-bond acceptors (Lipinski definition) is 3. The molecule has 1 aliphatic rings. The Morgan fingerprint density at radius 2 is 2.11 bits per heavy atom. The van der Waals surface area contributed by atoms with Gasteiger partial charge in [0.2, 0.25) is 0 Å². The Hall–Kier alpha value is -1.13. The van der Waals surface area contributed by atoms with Crippen molar-refractivity contribution in [2.24, 2.45) is 0 Å². The van der Waals surface area contributed by atoms with Gasteiger partial charge < -0.3 is 10.0 Å². The minimum absolute atomic E-state index is 0.112. The highest BCUT2D eigenvalue weighted by Crippen LogP contribution is 2.29. The lowest BCUT2D eigenvalue weighted by Crippen LogP contribution is -2.37. The van der Waals surface area contributed by atoms with Crippen molar-refractivity contribution in [3.63, 3.8) is 0 Å². The van der Waals surface area contributed by atoms with Crippen LogP contribution in [0.25, 0.3) is 0 Å². The molecule has 106 valence electrons. The number of halogens is 1. The fourth-order valence-corrected chi connectivity index (χ4v) is 3.02. The molecule has 1 heterocycles. The van der Waals surface area contributed by atoms with Gasteiger partial charge in [-0.2, -0.15) is 0 Å². The van der Waals surface area contributed by atoms with Crippen LogP contribution in [0.1, 0.15) is 25.8 Å². The molecule has 0 aromatic heterocycles. The largest absolute Gasteiger partial charge is 0.392 e. The van der Waals surface area contributed by atoms with E-state index in [1.165, 1.54) is 6.07 Å². The summed E-state index contributed by atoms with van der Waals surface area (Å²) < 4.78 is 14.0. The normalized spacial score (nSPS) is 19.4. The third kappa shape index (κ3) is 2.90. The molecule has 0 bridgehead atoms. The molecule has 0 spiro atoms. The Morgan fingerprint density at radius 3 is 2.74 bits per heavy atom. The molecule has 1 atom stereocenters. The number of para-hydroxylation sites is 1. The molecule has 1 N–H and O–H groups in total. The van der Waals surface area contributed by atoms with Crippen molar-refractivity contribution >= 4 is 5.69 Å². The Bertz CT molecular complexity index is 421. The highest BCUT2D eigenvalue weighted by atomic mass is 19.1. The first kappa shape index (κ1) is 14.3. The molecule has 0 saturated carbocycles. The maximum atomic E-state index is 14.0. The number of aliphatic hydroxyl groups excluding tert-OH is 1. The van der Waals surface area contributed by atoms with E-state index in [2.05, 4.69) is 23.6 Å². The van der Waals surface area contributed by atoms with Crippen molar-refractivity contribution in [2.75, 3.05) is 31.1 Å². The van der Waals surface area contributed by atoms with Crippen LogP contribution in [0, 0.1) is 5.82 Å². The number of rotatable bonds is 5. The predicted octanol–water partition coefficient (Wildman–Crippen LogP) is 2.24. The van der Waals surface area contributed by atoms with E-state index in [1.54, 1.807) is 12.1 Å². The smallest absolute Gasteiger partial charge is 0.146 e. The lowest BCUT2D eigenvalue weighted by atomic mass is 10.1. The standard InChI is InChI=1S/C15H23FN2O/c1-3-17(4-2)13-8-9-18(10-13)15-12(11-19)6-5-7-14(15)16/h5-7,13,19H,3-4,8-11H2,1-2H3. The summed E-state index contributed by atoms with van der Waals surface area (Å²) in [6.07, 6.45) is 1.06. The van der Waals surface area contributed by atoms with Crippen LogP contribution in [0.3, 0.4) is 0 Å². The van der Waals surface area contributed by atoms with Gasteiger partial charge in [0.15, 0.2) is 0 Å². The SMILES string of the molecule is CCN(CC)C1CCN(c2c(F)cccc2CO)C1. The van der Waals surface area contributed by atoms with Crippen molar-refractivity contribution in [1.29, 1.82) is 0 Å². The van der Waals surface area contributed by atoms with Crippen LogP contribution in [-0.2, 0) is 6.61 Å². The minimum atomic E-state index is -0.230. The van der Waals surface area contributed by atoms with Crippen molar-refractivity contribution in [2.45, 2.75) is 32.9 Å². The summed E-state index contributed by atoms with van der Waals surface area (Å²) in [5, 5.41) is 9.37. The topological polar surface area (TPSA) is 26.7 Å². The zero-order valence-electron chi connectivity index (χ0n) is 11.8. The Balaban J connectivity index is 2.17. The van der Waals surface area contributed by atoms with Crippen LogP contribution < -0.4 is 4.90 Å². The lowest BCUT2D eigenvalue weighted by Gasteiger charge is -2.27. The van der Waals surface area contributed by atoms with Gasteiger partial charge in [0, 0.05) is 24.7 Å². The fourth-order valence-electron chi connectivity index (χ4n) is 3.02. The highest BCUT2D eigenvalue weighted by Gasteiger charge is 2.28. The van der Waals surface area contributed by atoms with Crippen LogP contribution in [0.4, 0.5) is 10.1 Å². The van der Waals surface area contributed by atoms with E-state index < -0.39 is 0 Å².